The van der Waals surface area contributed by atoms with Crippen LogP contribution in [0, 0.1) is 0 Å². The van der Waals surface area contributed by atoms with Crippen LogP contribution in [-0.2, 0) is 12.8 Å². The number of anilines is 1. The number of aromatic nitrogens is 1. The van der Waals surface area contributed by atoms with Gasteiger partial charge in [-0.3, -0.25) is 4.98 Å². The van der Waals surface area contributed by atoms with Gasteiger partial charge in [0.2, 0.25) is 0 Å². The summed E-state index contributed by atoms with van der Waals surface area (Å²) >= 11 is 0. The number of nitrogens with zero attached hydrogens (tertiary/aromatic N) is 1. The maximum atomic E-state index is 4.37. The minimum Gasteiger partial charge on any atom is -0.378 e. The van der Waals surface area contributed by atoms with Crippen LogP contribution in [-0.4, -0.2) is 4.98 Å². The number of hydrogen-bond acceptors (Lipinski definition) is 2. The van der Waals surface area contributed by atoms with Crippen LogP contribution in [0.4, 0.5) is 5.69 Å². The highest BCUT2D eigenvalue weighted by Crippen LogP contribution is 2.40. The zero-order chi connectivity index (χ0) is 23.9. The maximum absolute atomic E-state index is 4.37. The molecule has 0 fully saturated rings. The van der Waals surface area contributed by atoms with E-state index in [1.807, 2.05) is 18.5 Å². The molecule has 2 nitrogen and oxygen atoms in total. The lowest BCUT2D eigenvalue weighted by atomic mass is 9.83. The summed E-state index contributed by atoms with van der Waals surface area (Å²) in [7, 11) is 0. The Hall–Kier alpha value is -3.59. The van der Waals surface area contributed by atoms with Gasteiger partial charge in [0.05, 0.1) is 6.04 Å². The van der Waals surface area contributed by atoms with Gasteiger partial charge in [-0.1, -0.05) is 84.9 Å². The Labute approximate surface area is 235 Å². The molecule has 0 amide bonds. The lowest BCUT2D eigenvalue weighted by Crippen LogP contribution is -2.18. The minimum absolute atomic E-state index is 0. The Balaban J connectivity index is 0.00000147. The molecule has 7 rings (SSSR count). The van der Waals surface area contributed by atoms with Gasteiger partial charge in [0.1, 0.15) is 0 Å². The van der Waals surface area contributed by atoms with E-state index < -0.39 is 0 Å². The fourth-order valence-electron chi connectivity index (χ4n) is 6.12. The first-order valence-electron chi connectivity index (χ1n) is 12.9. The highest BCUT2D eigenvalue weighted by Gasteiger charge is 2.23. The monoisotopic (exact) mass is 536 g/mol. The molecule has 5 aromatic carbocycles. The number of nitrogens with one attached hydrogen (secondary N) is 1. The van der Waals surface area contributed by atoms with E-state index >= 15 is 0 Å². The molecule has 6 aromatic rings. The normalized spacial score (nSPS) is 14.5. The standard InChI is InChI=1S/C34H28N2.2ClH/c1-3-10-26-24(8-1)14-16-30-28-12-5-13-33(31(28)18-17-29(26)30)36-34-19-15-25-9-2-4-11-27(25)32(34)21-23-7-6-20-35-22-23;;/h1-4,6-11,14-20,22,33,36H,5,12-13,21H2;2*1H. The summed E-state index contributed by atoms with van der Waals surface area (Å²) in [5, 5.41) is 12.0. The molecule has 190 valence electrons. The van der Waals surface area contributed by atoms with Crippen LogP contribution in [0.15, 0.2) is 109 Å². The molecule has 0 radical (unpaired) electrons. The average molecular weight is 538 g/mol. The number of benzene rings is 5. The van der Waals surface area contributed by atoms with E-state index in [9.17, 15) is 0 Å². The van der Waals surface area contributed by atoms with Crippen LogP contribution < -0.4 is 5.32 Å². The van der Waals surface area contributed by atoms with Crippen molar-refractivity contribution in [2.75, 3.05) is 5.32 Å². The zero-order valence-corrected chi connectivity index (χ0v) is 22.7. The van der Waals surface area contributed by atoms with Gasteiger partial charge in [0.15, 0.2) is 0 Å². The highest BCUT2D eigenvalue weighted by molar-refractivity contribution is 6.08. The predicted molar refractivity (Wildman–Crippen MR) is 166 cm³/mol. The van der Waals surface area contributed by atoms with Gasteiger partial charge in [-0.25, -0.2) is 0 Å². The van der Waals surface area contributed by atoms with Crippen molar-refractivity contribution in [3.05, 3.63) is 132 Å². The molecule has 1 aromatic heterocycles. The second-order valence-corrected chi connectivity index (χ2v) is 9.96. The summed E-state index contributed by atoms with van der Waals surface area (Å²) in [5.41, 5.74) is 6.77. The third-order valence-electron chi connectivity index (χ3n) is 7.84. The molecule has 38 heavy (non-hydrogen) atoms. The van der Waals surface area contributed by atoms with Crippen LogP contribution in [0.25, 0.3) is 32.3 Å². The summed E-state index contributed by atoms with van der Waals surface area (Å²) < 4.78 is 0. The maximum Gasteiger partial charge on any atom is 0.0517 e. The molecular weight excluding hydrogens is 507 g/mol. The number of halogens is 2. The summed E-state index contributed by atoms with van der Waals surface area (Å²) in [6, 6.07) is 35.8. The van der Waals surface area contributed by atoms with E-state index in [-0.39, 0.29) is 24.8 Å². The van der Waals surface area contributed by atoms with Crippen molar-refractivity contribution in [1.29, 1.82) is 0 Å². The number of fused-ring (bicyclic) bond motifs is 6. The van der Waals surface area contributed by atoms with Crippen molar-refractivity contribution in [1.82, 2.24) is 4.98 Å². The van der Waals surface area contributed by atoms with Crippen molar-refractivity contribution < 1.29 is 0 Å². The molecule has 1 atom stereocenters. The van der Waals surface area contributed by atoms with Crippen LogP contribution in [0.5, 0.6) is 0 Å². The van der Waals surface area contributed by atoms with Gasteiger partial charge in [-0.2, -0.15) is 0 Å². The molecule has 4 heteroatoms. The molecular formula is C34H30Cl2N2. The first-order valence-corrected chi connectivity index (χ1v) is 12.9. The topological polar surface area (TPSA) is 24.9 Å². The summed E-state index contributed by atoms with van der Waals surface area (Å²) in [5.74, 6) is 0. The van der Waals surface area contributed by atoms with Crippen LogP contribution in [0.2, 0.25) is 0 Å². The Bertz CT molecular complexity index is 1730. The molecule has 0 spiro atoms. The van der Waals surface area contributed by atoms with Crippen LogP contribution in [0.1, 0.15) is 41.1 Å². The number of rotatable bonds is 4. The van der Waals surface area contributed by atoms with E-state index in [0.717, 1.165) is 19.3 Å². The fourth-order valence-corrected chi connectivity index (χ4v) is 6.12. The largest absolute Gasteiger partial charge is 0.378 e. The molecule has 0 saturated heterocycles. The van der Waals surface area contributed by atoms with E-state index in [1.54, 1.807) is 0 Å². The van der Waals surface area contributed by atoms with Gasteiger partial charge in [-0.05, 0) is 86.0 Å². The number of hydrogen-bond donors (Lipinski definition) is 1. The summed E-state index contributed by atoms with van der Waals surface area (Å²) in [4.78, 5) is 4.37. The highest BCUT2D eigenvalue weighted by atomic mass is 35.5. The van der Waals surface area contributed by atoms with E-state index in [2.05, 4.69) is 101 Å². The molecule has 1 aliphatic rings. The lowest BCUT2D eigenvalue weighted by molar-refractivity contribution is 0.603. The third-order valence-corrected chi connectivity index (χ3v) is 7.84. The summed E-state index contributed by atoms with van der Waals surface area (Å²) in [6.45, 7) is 0. The molecule has 0 saturated carbocycles. The van der Waals surface area contributed by atoms with E-state index in [0.29, 0.717) is 6.04 Å². The number of aryl methyl sites for hydroxylation is 1. The molecule has 0 aliphatic heterocycles. The zero-order valence-electron chi connectivity index (χ0n) is 21.1. The third kappa shape index (κ3) is 4.60. The van der Waals surface area contributed by atoms with Crippen LogP contribution in [0.3, 0.4) is 0 Å². The molecule has 1 aliphatic carbocycles. The average Bonchev–Trinajstić information content (AvgIpc) is 2.94. The molecule has 1 heterocycles. The van der Waals surface area contributed by atoms with Gasteiger partial charge >= 0.3 is 0 Å². The van der Waals surface area contributed by atoms with Crippen molar-refractivity contribution in [3.63, 3.8) is 0 Å². The Morgan fingerprint density at radius 3 is 2.24 bits per heavy atom. The fraction of sp³-hybridized carbons (Fsp3) is 0.147. The SMILES string of the molecule is Cl.Cl.c1cncc(Cc2c(NC3CCCc4c3ccc3c4ccc4ccccc43)ccc3ccccc23)c1. The van der Waals surface area contributed by atoms with Gasteiger partial charge in [0.25, 0.3) is 0 Å². The van der Waals surface area contributed by atoms with Crippen molar-refractivity contribution in [3.8, 4) is 0 Å². The van der Waals surface area contributed by atoms with Gasteiger partial charge < -0.3 is 5.32 Å². The second-order valence-electron chi connectivity index (χ2n) is 9.96. The van der Waals surface area contributed by atoms with Gasteiger partial charge in [-0.15, -0.1) is 24.8 Å². The lowest BCUT2D eigenvalue weighted by Gasteiger charge is -2.30. The Morgan fingerprint density at radius 2 is 1.42 bits per heavy atom. The Kier molecular flexibility index (Phi) is 7.56. The Morgan fingerprint density at radius 1 is 0.684 bits per heavy atom. The molecule has 0 bridgehead atoms. The predicted octanol–water partition coefficient (Wildman–Crippen LogP) is 9.47. The van der Waals surface area contributed by atoms with E-state index in [4.69, 9.17) is 0 Å². The van der Waals surface area contributed by atoms with Crippen molar-refractivity contribution in [2.45, 2.75) is 31.7 Å². The van der Waals surface area contributed by atoms with Gasteiger partial charge in [0, 0.05) is 24.5 Å². The van der Waals surface area contributed by atoms with Crippen molar-refractivity contribution >= 4 is 62.8 Å². The van der Waals surface area contributed by atoms with E-state index in [1.165, 1.54) is 66.7 Å². The first kappa shape index (κ1) is 26.0. The smallest absolute Gasteiger partial charge is 0.0517 e. The minimum atomic E-state index is 0. The quantitative estimate of drug-likeness (QED) is 0.227. The van der Waals surface area contributed by atoms with Crippen LogP contribution >= 0.6 is 24.8 Å². The molecule has 1 N–H and O–H groups in total. The van der Waals surface area contributed by atoms with Crippen molar-refractivity contribution in [2.24, 2.45) is 0 Å². The number of pyridine rings is 1. The second kappa shape index (κ2) is 11.0. The summed E-state index contributed by atoms with van der Waals surface area (Å²) in [6.07, 6.45) is 8.17. The molecule has 1 unspecified atom stereocenters. The first-order chi connectivity index (χ1) is 17.8.